The van der Waals surface area contributed by atoms with Crippen molar-refractivity contribution in [3.8, 4) is 23.1 Å². The van der Waals surface area contributed by atoms with E-state index in [1.807, 2.05) is 30.6 Å². The van der Waals surface area contributed by atoms with Gasteiger partial charge in [0.25, 0.3) is 0 Å². The van der Waals surface area contributed by atoms with Gasteiger partial charge >= 0.3 is 6.18 Å². The molecule has 35 heavy (non-hydrogen) atoms. The molecular formula is C24H24BF3N6O. The van der Waals surface area contributed by atoms with Crippen LogP contribution in [-0.2, 0) is 12.7 Å². The second kappa shape index (κ2) is 8.86. The van der Waals surface area contributed by atoms with Crippen LogP contribution in [0.2, 0.25) is 6.82 Å². The summed E-state index contributed by atoms with van der Waals surface area (Å²) < 4.78 is 50.6. The van der Waals surface area contributed by atoms with E-state index >= 15 is 0 Å². The highest BCUT2D eigenvalue weighted by Gasteiger charge is 2.38. The molecule has 0 aliphatic carbocycles. The molecule has 1 aliphatic heterocycles. The minimum absolute atomic E-state index is 0.258. The number of ether oxygens (including phenoxy) is 1. The second-order valence-electron chi connectivity index (χ2n) is 8.63. The SMILES string of the molecule is CBc1ccc(C(F)(F)F)c([C@@H]2CCCn3nc(-c4ccc(-n5cnc(C)c5)c(OC)n4)nc32)c1. The number of hydrogen-bond acceptors (Lipinski definition) is 5. The van der Waals surface area contributed by atoms with E-state index in [0.29, 0.717) is 55.6 Å². The van der Waals surface area contributed by atoms with E-state index in [1.54, 1.807) is 29.2 Å². The minimum Gasteiger partial charge on any atom is -0.479 e. The van der Waals surface area contributed by atoms with Crippen LogP contribution in [0.3, 0.4) is 0 Å². The van der Waals surface area contributed by atoms with Gasteiger partial charge < -0.3 is 9.30 Å². The van der Waals surface area contributed by atoms with Gasteiger partial charge in [-0.25, -0.2) is 19.6 Å². The molecule has 180 valence electrons. The molecule has 11 heteroatoms. The molecule has 0 radical (unpaired) electrons. The Morgan fingerprint density at radius 1 is 1.14 bits per heavy atom. The Morgan fingerprint density at radius 3 is 2.66 bits per heavy atom. The molecule has 5 rings (SSSR count). The number of benzene rings is 1. The van der Waals surface area contributed by atoms with Crippen LogP contribution in [0, 0.1) is 6.92 Å². The van der Waals surface area contributed by atoms with Crippen molar-refractivity contribution in [2.45, 2.75) is 45.2 Å². The van der Waals surface area contributed by atoms with Gasteiger partial charge in [-0.2, -0.15) is 13.2 Å². The number of rotatable bonds is 5. The van der Waals surface area contributed by atoms with Crippen LogP contribution in [-0.4, -0.2) is 43.7 Å². The summed E-state index contributed by atoms with van der Waals surface area (Å²) in [5.41, 5.74) is 2.56. The highest BCUT2D eigenvalue weighted by atomic mass is 19.4. The van der Waals surface area contributed by atoms with Crippen molar-refractivity contribution in [1.29, 1.82) is 0 Å². The number of alkyl halides is 3. The lowest BCUT2D eigenvalue weighted by Crippen LogP contribution is -2.23. The quantitative estimate of drug-likeness (QED) is 0.406. The van der Waals surface area contributed by atoms with Gasteiger partial charge in [-0.3, -0.25) is 0 Å². The zero-order chi connectivity index (χ0) is 24.7. The van der Waals surface area contributed by atoms with Gasteiger partial charge in [0.2, 0.25) is 5.88 Å². The highest BCUT2D eigenvalue weighted by molar-refractivity contribution is 6.51. The first kappa shape index (κ1) is 23.1. The fourth-order valence-corrected chi connectivity index (χ4v) is 4.59. The molecule has 0 saturated carbocycles. The van der Waals surface area contributed by atoms with Crippen molar-refractivity contribution in [2.24, 2.45) is 0 Å². The molecule has 1 aromatic carbocycles. The van der Waals surface area contributed by atoms with E-state index in [1.165, 1.54) is 13.2 Å². The van der Waals surface area contributed by atoms with Crippen LogP contribution < -0.4 is 10.2 Å². The minimum atomic E-state index is -4.44. The summed E-state index contributed by atoms with van der Waals surface area (Å²) in [5.74, 6) is 0.765. The third-order valence-electron chi connectivity index (χ3n) is 6.33. The number of hydrogen-bond donors (Lipinski definition) is 0. The molecule has 0 N–H and O–H groups in total. The highest BCUT2D eigenvalue weighted by Crippen LogP contribution is 2.40. The molecule has 0 bridgehead atoms. The molecule has 0 unspecified atom stereocenters. The van der Waals surface area contributed by atoms with Crippen molar-refractivity contribution in [2.75, 3.05) is 7.11 Å². The number of imidazole rings is 1. The van der Waals surface area contributed by atoms with Crippen LogP contribution in [0.4, 0.5) is 13.2 Å². The van der Waals surface area contributed by atoms with Crippen LogP contribution in [0.15, 0.2) is 42.9 Å². The molecular weight excluding hydrogens is 456 g/mol. The lowest BCUT2D eigenvalue weighted by molar-refractivity contribution is -0.138. The van der Waals surface area contributed by atoms with Crippen LogP contribution in [0.5, 0.6) is 5.88 Å². The maximum Gasteiger partial charge on any atom is 0.416 e. The maximum atomic E-state index is 13.9. The Bertz CT molecular complexity index is 1380. The molecule has 4 heterocycles. The Labute approximate surface area is 201 Å². The summed E-state index contributed by atoms with van der Waals surface area (Å²) in [5, 5.41) is 4.60. The van der Waals surface area contributed by atoms with Gasteiger partial charge in [0.15, 0.2) is 13.1 Å². The smallest absolute Gasteiger partial charge is 0.416 e. The van der Waals surface area contributed by atoms with Crippen molar-refractivity contribution >= 4 is 12.7 Å². The number of methoxy groups -OCH3 is 1. The zero-order valence-electron chi connectivity index (χ0n) is 19.7. The van der Waals surface area contributed by atoms with Gasteiger partial charge in [-0.1, -0.05) is 30.5 Å². The maximum absolute atomic E-state index is 13.9. The number of fused-ring (bicyclic) bond motifs is 1. The fourth-order valence-electron chi connectivity index (χ4n) is 4.59. The predicted octanol–water partition coefficient (Wildman–Crippen LogP) is 3.90. The van der Waals surface area contributed by atoms with Crippen LogP contribution >= 0.6 is 0 Å². The van der Waals surface area contributed by atoms with E-state index in [0.717, 1.165) is 11.2 Å². The number of halogens is 3. The molecule has 1 aliphatic rings. The van der Waals surface area contributed by atoms with E-state index < -0.39 is 17.7 Å². The number of aryl methyl sites for hydroxylation is 2. The number of nitrogens with zero attached hydrogens (tertiary/aromatic N) is 6. The average molecular weight is 480 g/mol. The molecule has 0 saturated heterocycles. The summed E-state index contributed by atoms with van der Waals surface area (Å²) >= 11 is 0. The number of pyridine rings is 1. The second-order valence-corrected chi connectivity index (χ2v) is 8.63. The van der Waals surface area contributed by atoms with Gasteiger partial charge in [0.1, 0.15) is 17.2 Å². The molecule has 0 spiro atoms. The molecule has 3 aromatic heterocycles. The zero-order valence-corrected chi connectivity index (χ0v) is 19.7. The average Bonchev–Trinajstić information content (AvgIpc) is 3.48. The first-order chi connectivity index (χ1) is 16.8. The third-order valence-corrected chi connectivity index (χ3v) is 6.33. The Balaban J connectivity index is 1.56. The summed E-state index contributed by atoms with van der Waals surface area (Å²) in [6, 6.07) is 8.02. The van der Waals surface area contributed by atoms with Gasteiger partial charge in [0.05, 0.1) is 24.7 Å². The predicted molar refractivity (Wildman–Crippen MR) is 127 cm³/mol. The Hall–Kier alpha value is -3.63. The Morgan fingerprint density at radius 2 is 1.97 bits per heavy atom. The fraction of sp³-hybridized carbons (Fsp3) is 0.333. The van der Waals surface area contributed by atoms with E-state index in [2.05, 4.69) is 20.1 Å². The lowest BCUT2D eigenvalue weighted by atomic mass is 9.71. The molecule has 4 aromatic rings. The summed E-state index contributed by atoms with van der Waals surface area (Å²) in [6.45, 7) is 4.42. The summed E-state index contributed by atoms with van der Waals surface area (Å²) in [6.07, 6.45) is 0.381. The van der Waals surface area contributed by atoms with Crippen LogP contribution in [0.25, 0.3) is 17.2 Å². The van der Waals surface area contributed by atoms with Crippen molar-refractivity contribution < 1.29 is 17.9 Å². The lowest BCUT2D eigenvalue weighted by Gasteiger charge is -2.25. The van der Waals surface area contributed by atoms with Crippen molar-refractivity contribution in [3.05, 3.63) is 65.5 Å². The van der Waals surface area contributed by atoms with Gasteiger partial charge in [-0.05, 0) is 37.5 Å². The van der Waals surface area contributed by atoms with Gasteiger partial charge in [0, 0.05) is 18.7 Å². The van der Waals surface area contributed by atoms with Crippen molar-refractivity contribution in [1.82, 2.24) is 29.3 Å². The van der Waals surface area contributed by atoms with Gasteiger partial charge in [-0.15, -0.1) is 5.10 Å². The largest absolute Gasteiger partial charge is 0.479 e. The Kier molecular flexibility index (Phi) is 5.86. The molecule has 7 nitrogen and oxygen atoms in total. The van der Waals surface area contributed by atoms with E-state index in [9.17, 15) is 13.2 Å². The summed E-state index contributed by atoms with van der Waals surface area (Å²) in [7, 11) is 2.18. The monoisotopic (exact) mass is 480 g/mol. The standard InChI is InChI=1S/C24H24BF3N6O/c1-14-12-33(13-29-14)20-9-8-19(30-23(20)35-3)21-31-22-16(5-4-10-34(22)32-21)17-11-15(25-2)6-7-18(17)24(26,27)28/h6-9,11-13,16,25H,4-5,10H2,1-3H3/t16-/m0/s1. The first-order valence-electron chi connectivity index (χ1n) is 11.5. The summed E-state index contributed by atoms with van der Waals surface area (Å²) in [4.78, 5) is 13.5. The van der Waals surface area contributed by atoms with E-state index in [4.69, 9.17) is 4.74 Å². The number of aromatic nitrogens is 6. The molecule has 0 amide bonds. The molecule has 1 atom stereocenters. The molecule has 0 fully saturated rings. The third kappa shape index (κ3) is 4.30. The van der Waals surface area contributed by atoms with E-state index in [-0.39, 0.29) is 5.56 Å². The first-order valence-corrected chi connectivity index (χ1v) is 11.5. The normalized spacial score (nSPS) is 15.7. The van der Waals surface area contributed by atoms with Crippen molar-refractivity contribution in [3.63, 3.8) is 0 Å². The topological polar surface area (TPSA) is 70.7 Å². The van der Waals surface area contributed by atoms with Crippen LogP contribution in [0.1, 0.15) is 41.4 Å².